The van der Waals surface area contributed by atoms with Crippen molar-refractivity contribution < 1.29 is 14.5 Å². The van der Waals surface area contributed by atoms with Crippen molar-refractivity contribution in [1.29, 1.82) is 0 Å². The zero-order valence-corrected chi connectivity index (χ0v) is 12.8. The average Bonchev–Trinajstić information content (AvgIpc) is 2.77. The average molecular weight is 336 g/mol. The number of hydrogen-bond donors (Lipinski definition) is 1. The summed E-state index contributed by atoms with van der Waals surface area (Å²) in [7, 11) is 0. The molecule has 1 aliphatic carbocycles. The molecule has 2 amide bonds. The first-order valence-corrected chi connectivity index (χ1v) is 7.53. The lowest BCUT2D eigenvalue weighted by Gasteiger charge is -2.17. The number of nitro benzene ring substituents is 1. The van der Waals surface area contributed by atoms with Crippen molar-refractivity contribution in [2.24, 2.45) is 11.8 Å². The second-order valence-electron chi connectivity index (χ2n) is 5.55. The topological polar surface area (TPSA) is 92.6 Å². The molecule has 7 nitrogen and oxygen atoms in total. The van der Waals surface area contributed by atoms with E-state index in [4.69, 9.17) is 11.6 Å². The van der Waals surface area contributed by atoms with Gasteiger partial charge in [0.05, 0.1) is 23.4 Å². The second-order valence-corrected chi connectivity index (χ2v) is 6.03. The Balaban J connectivity index is 1.66. The fourth-order valence-corrected chi connectivity index (χ4v) is 3.18. The Kier molecular flexibility index (Phi) is 4.04. The number of hydrogen-bond acceptors (Lipinski definition) is 5. The molecular weight excluding hydrogens is 322 g/mol. The zero-order valence-electron chi connectivity index (χ0n) is 12.1. The number of anilines is 1. The van der Waals surface area contributed by atoms with E-state index < -0.39 is 4.92 Å². The molecule has 1 saturated heterocycles. The van der Waals surface area contributed by atoms with Gasteiger partial charge < -0.3 is 5.32 Å². The minimum absolute atomic E-state index is 0.0180. The molecule has 0 bridgehead atoms. The Hall–Kier alpha value is -2.41. The van der Waals surface area contributed by atoms with E-state index in [9.17, 15) is 19.7 Å². The van der Waals surface area contributed by atoms with Crippen molar-refractivity contribution in [3.05, 3.63) is 45.5 Å². The van der Waals surface area contributed by atoms with Crippen molar-refractivity contribution in [3.63, 3.8) is 0 Å². The molecular formula is C15H14ClN3O4. The molecule has 1 heterocycles. The van der Waals surface area contributed by atoms with E-state index in [1.807, 2.05) is 0 Å². The lowest BCUT2D eigenvalue weighted by molar-refractivity contribution is -0.384. The molecule has 2 atom stereocenters. The van der Waals surface area contributed by atoms with Crippen LogP contribution in [0.3, 0.4) is 0 Å². The molecule has 1 fully saturated rings. The molecule has 0 aromatic heterocycles. The number of fused-ring (bicyclic) bond motifs is 1. The second kappa shape index (κ2) is 6.00. The highest BCUT2D eigenvalue weighted by Crippen LogP contribution is 2.38. The minimum atomic E-state index is -0.487. The number of carbonyl (C=O) groups excluding carboxylic acids is 2. The maximum atomic E-state index is 12.4. The van der Waals surface area contributed by atoms with Crippen LogP contribution in [0, 0.1) is 22.0 Å². The van der Waals surface area contributed by atoms with Crippen LogP contribution in [-0.4, -0.2) is 28.3 Å². The molecule has 1 N–H and O–H groups in total. The van der Waals surface area contributed by atoms with Gasteiger partial charge in [0.25, 0.3) is 5.69 Å². The molecule has 0 radical (unpaired) electrons. The lowest BCUT2D eigenvalue weighted by atomic mass is 9.85. The van der Waals surface area contributed by atoms with E-state index in [0.29, 0.717) is 23.6 Å². The standard InChI is InChI=1S/C15H14ClN3O4/c16-9-1-6-12-13(7-9)15(21)18(14(12)20)8-17-10-2-4-11(5-3-10)19(22)23/h1-5,12-13,17H,6-8H2/t12-,13+/m0/s1. The van der Waals surface area contributed by atoms with Gasteiger partial charge in [-0.25, -0.2) is 0 Å². The van der Waals surface area contributed by atoms with Crippen molar-refractivity contribution in [2.75, 3.05) is 12.0 Å². The number of imide groups is 1. The Morgan fingerprint density at radius 3 is 2.52 bits per heavy atom. The maximum Gasteiger partial charge on any atom is 0.269 e. The van der Waals surface area contributed by atoms with E-state index in [1.54, 1.807) is 6.08 Å². The highest BCUT2D eigenvalue weighted by Gasteiger charge is 2.48. The third kappa shape index (κ3) is 2.92. The van der Waals surface area contributed by atoms with Crippen LogP contribution >= 0.6 is 11.6 Å². The Morgan fingerprint density at radius 1 is 1.22 bits per heavy atom. The number of amides is 2. The predicted octanol–water partition coefficient (Wildman–Crippen LogP) is 2.48. The number of nitro groups is 1. The zero-order chi connectivity index (χ0) is 16.6. The quantitative estimate of drug-likeness (QED) is 0.518. The summed E-state index contributed by atoms with van der Waals surface area (Å²) >= 11 is 5.97. The van der Waals surface area contributed by atoms with E-state index in [0.717, 1.165) is 0 Å². The van der Waals surface area contributed by atoms with Gasteiger partial charge >= 0.3 is 0 Å². The number of likely N-dealkylation sites (tertiary alicyclic amines) is 1. The molecule has 8 heteroatoms. The predicted molar refractivity (Wildman–Crippen MR) is 83.6 cm³/mol. The number of carbonyl (C=O) groups is 2. The number of halogens is 1. The summed E-state index contributed by atoms with van der Waals surface area (Å²) in [6, 6.07) is 5.79. The lowest BCUT2D eigenvalue weighted by Crippen LogP contribution is -2.35. The number of benzene rings is 1. The molecule has 1 aromatic rings. The number of nitrogens with one attached hydrogen (secondary N) is 1. The summed E-state index contributed by atoms with van der Waals surface area (Å²) in [5.74, 6) is -1.13. The summed E-state index contributed by atoms with van der Waals surface area (Å²) < 4.78 is 0. The molecule has 120 valence electrons. The van der Waals surface area contributed by atoms with E-state index in [-0.39, 0.29) is 36.0 Å². The van der Waals surface area contributed by atoms with Crippen LogP contribution < -0.4 is 5.32 Å². The Bertz CT molecular complexity index is 701. The molecule has 1 aliphatic heterocycles. The fourth-order valence-electron chi connectivity index (χ4n) is 2.92. The van der Waals surface area contributed by atoms with Crippen LogP contribution in [0.2, 0.25) is 0 Å². The summed E-state index contributed by atoms with van der Waals surface area (Å²) in [5, 5.41) is 14.2. The van der Waals surface area contributed by atoms with Gasteiger partial charge in [-0.15, -0.1) is 0 Å². The number of allylic oxidation sites excluding steroid dienone is 2. The van der Waals surface area contributed by atoms with Crippen molar-refractivity contribution in [3.8, 4) is 0 Å². The van der Waals surface area contributed by atoms with Crippen LogP contribution in [-0.2, 0) is 9.59 Å². The van der Waals surface area contributed by atoms with Crippen LogP contribution in [0.4, 0.5) is 11.4 Å². The normalized spacial score (nSPS) is 23.5. The van der Waals surface area contributed by atoms with Crippen molar-refractivity contribution >= 4 is 34.8 Å². The first kappa shape index (κ1) is 15.5. The largest absolute Gasteiger partial charge is 0.367 e. The molecule has 23 heavy (non-hydrogen) atoms. The maximum absolute atomic E-state index is 12.4. The van der Waals surface area contributed by atoms with Crippen LogP contribution in [0.5, 0.6) is 0 Å². The minimum Gasteiger partial charge on any atom is -0.367 e. The molecule has 3 rings (SSSR count). The highest BCUT2D eigenvalue weighted by atomic mass is 35.5. The number of non-ortho nitro benzene ring substituents is 1. The first-order valence-electron chi connectivity index (χ1n) is 7.15. The summed E-state index contributed by atoms with van der Waals surface area (Å²) in [4.78, 5) is 36.0. The Morgan fingerprint density at radius 2 is 1.87 bits per heavy atom. The SMILES string of the molecule is O=C1[C@H]2CC=C(Cl)C[C@H]2C(=O)N1CNc1ccc([N+](=O)[O-])cc1. The van der Waals surface area contributed by atoms with Gasteiger partial charge in [0.15, 0.2) is 0 Å². The van der Waals surface area contributed by atoms with Crippen LogP contribution in [0.25, 0.3) is 0 Å². The van der Waals surface area contributed by atoms with Crippen LogP contribution in [0.15, 0.2) is 35.4 Å². The number of rotatable bonds is 4. The summed E-state index contributed by atoms with van der Waals surface area (Å²) in [5.41, 5.74) is 0.581. The molecule has 0 unspecified atom stereocenters. The Labute approximate surface area is 137 Å². The highest BCUT2D eigenvalue weighted by molar-refractivity contribution is 6.30. The molecule has 2 aliphatic rings. The van der Waals surface area contributed by atoms with Gasteiger partial charge in [-0.1, -0.05) is 17.7 Å². The van der Waals surface area contributed by atoms with Gasteiger partial charge in [0, 0.05) is 22.9 Å². The summed E-state index contributed by atoms with van der Waals surface area (Å²) in [6.45, 7) is 0.0418. The van der Waals surface area contributed by atoms with Gasteiger partial charge in [-0.2, -0.15) is 0 Å². The van der Waals surface area contributed by atoms with Gasteiger partial charge in [-0.3, -0.25) is 24.6 Å². The van der Waals surface area contributed by atoms with Gasteiger partial charge in [0.1, 0.15) is 0 Å². The number of nitrogens with zero attached hydrogens (tertiary/aromatic N) is 2. The third-order valence-electron chi connectivity index (χ3n) is 4.18. The third-order valence-corrected chi connectivity index (χ3v) is 4.49. The molecule has 0 saturated carbocycles. The van der Waals surface area contributed by atoms with E-state index >= 15 is 0 Å². The summed E-state index contributed by atoms with van der Waals surface area (Å²) in [6.07, 6.45) is 2.69. The van der Waals surface area contributed by atoms with Crippen molar-refractivity contribution in [1.82, 2.24) is 4.90 Å². The van der Waals surface area contributed by atoms with Gasteiger partial charge in [0.2, 0.25) is 11.8 Å². The fraction of sp³-hybridized carbons (Fsp3) is 0.333. The monoisotopic (exact) mass is 335 g/mol. The smallest absolute Gasteiger partial charge is 0.269 e. The van der Waals surface area contributed by atoms with E-state index in [2.05, 4.69) is 5.32 Å². The van der Waals surface area contributed by atoms with Crippen LogP contribution in [0.1, 0.15) is 12.8 Å². The van der Waals surface area contributed by atoms with E-state index in [1.165, 1.54) is 29.2 Å². The molecule has 1 aromatic carbocycles. The van der Waals surface area contributed by atoms with Gasteiger partial charge in [-0.05, 0) is 25.0 Å². The van der Waals surface area contributed by atoms with Crippen molar-refractivity contribution in [2.45, 2.75) is 12.8 Å². The first-order chi connectivity index (χ1) is 11.0. The molecule has 0 spiro atoms.